The van der Waals surface area contributed by atoms with E-state index in [2.05, 4.69) is 5.32 Å². The monoisotopic (exact) mass is 268 g/mol. The standard InChI is InChI=1S/C13H17FN2O3/c14-11-3-1-2-4-12(11)15-13(18)7-16-5-6-19-9-10(16)8-17/h1-4,10,17H,5-9H2,(H,15,18). The normalized spacial score (nSPS) is 20.2. The van der Waals surface area contributed by atoms with E-state index in [4.69, 9.17) is 4.74 Å². The molecule has 0 radical (unpaired) electrons. The summed E-state index contributed by atoms with van der Waals surface area (Å²) in [5, 5.41) is 11.7. The van der Waals surface area contributed by atoms with E-state index in [-0.39, 0.29) is 30.8 Å². The van der Waals surface area contributed by atoms with Crippen molar-refractivity contribution in [1.82, 2.24) is 4.90 Å². The fourth-order valence-corrected chi connectivity index (χ4v) is 2.00. The first kappa shape index (κ1) is 13.9. The highest BCUT2D eigenvalue weighted by Crippen LogP contribution is 2.13. The fraction of sp³-hybridized carbons (Fsp3) is 0.462. The van der Waals surface area contributed by atoms with Crippen molar-refractivity contribution < 1.29 is 19.0 Å². The Morgan fingerprint density at radius 2 is 2.32 bits per heavy atom. The van der Waals surface area contributed by atoms with Crippen molar-refractivity contribution in [1.29, 1.82) is 0 Å². The number of aliphatic hydroxyl groups excluding tert-OH is 1. The van der Waals surface area contributed by atoms with E-state index in [9.17, 15) is 14.3 Å². The van der Waals surface area contributed by atoms with Crippen LogP contribution in [0.2, 0.25) is 0 Å². The van der Waals surface area contributed by atoms with Crippen LogP contribution >= 0.6 is 0 Å². The molecule has 2 rings (SSSR count). The molecule has 0 saturated carbocycles. The first-order valence-electron chi connectivity index (χ1n) is 6.17. The van der Waals surface area contributed by atoms with E-state index in [1.165, 1.54) is 12.1 Å². The Morgan fingerprint density at radius 3 is 3.05 bits per heavy atom. The van der Waals surface area contributed by atoms with E-state index >= 15 is 0 Å². The van der Waals surface area contributed by atoms with Crippen molar-refractivity contribution >= 4 is 11.6 Å². The van der Waals surface area contributed by atoms with Gasteiger partial charge in [-0.3, -0.25) is 9.69 Å². The van der Waals surface area contributed by atoms with E-state index in [0.29, 0.717) is 19.8 Å². The molecule has 104 valence electrons. The van der Waals surface area contributed by atoms with Gasteiger partial charge in [0.2, 0.25) is 5.91 Å². The number of halogens is 1. The van der Waals surface area contributed by atoms with Gasteiger partial charge < -0.3 is 15.2 Å². The number of nitrogens with zero attached hydrogens (tertiary/aromatic N) is 1. The Bertz CT molecular complexity index is 442. The maximum atomic E-state index is 13.4. The maximum Gasteiger partial charge on any atom is 0.238 e. The highest BCUT2D eigenvalue weighted by molar-refractivity contribution is 5.92. The molecular weight excluding hydrogens is 251 g/mol. The predicted molar refractivity (Wildman–Crippen MR) is 68.3 cm³/mol. The van der Waals surface area contributed by atoms with E-state index in [0.717, 1.165) is 0 Å². The molecule has 0 aliphatic carbocycles. The minimum absolute atomic E-state index is 0.0625. The second kappa shape index (κ2) is 6.60. The van der Waals surface area contributed by atoms with Crippen LogP contribution in [-0.4, -0.2) is 54.9 Å². The summed E-state index contributed by atoms with van der Waals surface area (Å²) in [7, 11) is 0. The lowest BCUT2D eigenvalue weighted by atomic mass is 10.2. The molecule has 1 aromatic rings. The Morgan fingerprint density at radius 1 is 1.53 bits per heavy atom. The topological polar surface area (TPSA) is 61.8 Å². The van der Waals surface area contributed by atoms with Gasteiger partial charge in [-0.1, -0.05) is 12.1 Å². The number of rotatable bonds is 4. The summed E-state index contributed by atoms with van der Waals surface area (Å²) >= 11 is 0. The second-order valence-electron chi connectivity index (χ2n) is 4.41. The van der Waals surface area contributed by atoms with Gasteiger partial charge in [-0.2, -0.15) is 0 Å². The van der Waals surface area contributed by atoms with Gasteiger partial charge in [0.15, 0.2) is 0 Å². The number of benzene rings is 1. The number of para-hydroxylation sites is 1. The lowest BCUT2D eigenvalue weighted by Crippen LogP contribution is -2.50. The third-order valence-electron chi connectivity index (χ3n) is 3.05. The second-order valence-corrected chi connectivity index (χ2v) is 4.41. The van der Waals surface area contributed by atoms with Crippen LogP contribution in [-0.2, 0) is 9.53 Å². The van der Waals surface area contributed by atoms with Gasteiger partial charge in [0.1, 0.15) is 5.82 Å². The summed E-state index contributed by atoms with van der Waals surface area (Å²) in [5.41, 5.74) is 0.168. The summed E-state index contributed by atoms with van der Waals surface area (Å²) in [6.45, 7) is 1.57. The summed E-state index contributed by atoms with van der Waals surface area (Å²) in [5.74, 6) is -0.762. The van der Waals surface area contributed by atoms with Gasteiger partial charge >= 0.3 is 0 Å². The highest BCUT2D eigenvalue weighted by Gasteiger charge is 2.24. The van der Waals surface area contributed by atoms with Crippen LogP contribution in [0, 0.1) is 5.82 Å². The number of carbonyl (C=O) groups is 1. The van der Waals surface area contributed by atoms with Crippen molar-refractivity contribution in [3.63, 3.8) is 0 Å². The minimum Gasteiger partial charge on any atom is -0.395 e. The number of anilines is 1. The Labute approximate surface area is 111 Å². The highest BCUT2D eigenvalue weighted by atomic mass is 19.1. The maximum absolute atomic E-state index is 13.4. The number of carbonyl (C=O) groups excluding carboxylic acids is 1. The van der Waals surface area contributed by atoms with Gasteiger partial charge in [-0.15, -0.1) is 0 Å². The van der Waals surface area contributed by atoms with Crippen LogP contribution in [0.5, 0.6) is 0 Å². The molecule has 1 fully saturated rings. The molecule has 5 nitrogen and oxygen atoms in total. The first-order chi connectivity index (χ1) is 9.20. The molecule has 1 amide bonds. The average Bonchev–Trinajstić information content (AvgIpc) is 2.42. The molecule has 1 aliphatic heterocycles. The zero-order valence-electron chi connectivity index (χ0n) is 10.5. The van der Waals surface area contributed by atoms with Gasteiger partial charge in [0.25, 0.3) is 0 Å². The van der Waals surface area contributed by atoms with Gasteiger partial charge in [-0.25, -0.2) is 4.39 Å². The van der Waals surface area contributed by atoms with Gasteiger partial charge in [0.05, 0.1) is 38.1 Å². The third-order valence-corrected chi connectivity index (χ3v) is 3.05. The molecule has 2 N–H and O–H groups in total. The van der Waals surface area contributed by atoms with Crippen molar-refractivity contribution in [2.24, 2.45) is 0 Å². The fourth-order valence-electron chi connectivity index (χ4n) is 2.00. The van der Waals surface area contributed by atoms with Crippen molar-refractivity contribution in [3.05, 3.63) is 30.1 Å². The summed E-state index contributed by atoms with van der Waals surface area (Å²) in [4.78, 5) is 13.7. The predicted octanol–water partition coefficient (Wildman–Crippen LogP) is 0.457. The lowest BCUT2D eigenvalue weighted by Gasteiger charge is -2.33. The Balaban J connectivity index is 1.92. The number of aliphatic hydroxyl groups is 1. The molecule has 1 aromatic carbocycles. The smallest absolute Gasteiger partial charge is 0.238 e. The van der Waals surface area contributed by atoms with Gasteiger partial charge in [0, 0.05) is 6.54 Å². The number of nitrogens with one attached hydrogen (secondary N) is 1. The largest absolute Gasteiger partial charge is 0.395 e. The van der Waals surface area contributed by atoms with E-state index < -0.39 is 5.82 Å². The first-order valence-corrected chi connectivity index (χ1v) is 6.17. The van der Waals surface area contributed by atoms with Crippen LogP contribution in [0.4, 0.5) is 10.1 Å². The molecule has 0 aromatic heterocycles. The Hall–Kier alpha value is -1.50. The molecule has 1 unspecified atom stereocenters. The molecule has 6 heteroatoms. The number of ether oxygens (including phenoxy) is 1. The third kappa shape index (κ3) is 3.73. The molecule has 19 heavy (non-hydrogen) atoms. The van der Waals surface area contributed by atoms with Crippen molar-refractivity contribution in [2.45, 2.75) is 6.04 Å². The number of morpholine rings is 1. The molecular formula is C13H17FN2O3. The molecule has 0 spiro atoms. The quantitative estimate of drug-likeness (QED) is 0.832. The minimum atomic E-state index is -0.462. The Kier molecular flexibility index (Phi) is 4.84. The van der Waals surface area contributed by atoms with Crippen LogP contribution < -0.4 is 5.32 Å². The zero-order chi connectivity index (χ0) is 13.7. The molecule has 0 bridgehead atoms. The molecule has 1 aliphatic rings. The lowest BCUT2D eigenvalue weighted by molar-refractivity contribution is -0.120. The summed E-state index contributed by atoms with van der Waals surface area (Å²) in [6, 6.07) is 5.84. The zero-order valence-corrected chi connectivity index (χ0v) is 10.5. The summed E-state index contributed by atoms with van der Waals surface area (Å²) in [6.07, 6.45) is 0. The molecule has 1 saturated heterocycles. The molecule has 1 heterocycles. The SMILES string of the molecule is O=C(CN1CCOCC1CO)Nc1ccccc1F. The summed E-state index contributed by atoms with van der Waals surface area (Å²) < 4.78 is 18.6. The van der Waals surface area contributed by atoms with Crippen molar-refractivity contribution in [2.75, 3.05) is 38.2 Å². The molecule has 1 atom stereocenters. The van der Waals surface area contributed by atoms with Crippen LogP contribution in [0.1, 0.15) is 0 Å². The van der Waals surface area contributed by atoms with Crippen molar-refractivity contribution in [3.8, 4) is 0 Å². The van der Waals surface area contributed by atoms with Crippen LogP contribution in [0.3, 0.4) is 0 Å². The number of hydrogen-bond acceptors (Lipinski definition) is 4. The average molecular weight is 268 g/mol. The van der Waals surface area contributed by atoms with E-state index in [1.54, 1.807) is 12.1 Å². The van der Waals surface area contributed by atoms with Gasteiger partial charge in [-0.05, 0) is 12.1 Å². The van der Waals surface area contributed by atoms with E-state index in [1.807, 2.05) is 4.90 Å². The van der Waals surface area contributed by atoms with Crippen LogP contribution in [0.25, 0.3) is 0 Å². The number of amides is 1. The number of hydrogen-bond donors (Lipinski definition) is 2. The van der Waals surface area contributed by atoms with Crippen LogP contribution in [0.15, 0.2) is 24.3 Å².